The minimum absolute atomic E-state index is 0.119. The van der Waals surface area contributed by atoms with E-state index < -0.39 is 6.04 Å². The van der Waals surface area contributed by atoms with Gasteiger partial charge in [-0.25, -0.2) is 0 Å². The summed E-state index contributed by atoms with van der Waals surface area (Å²) in [5, 5.41) is 2.90. The summed E-state index contributed by atoms with van der Waals surface area (Å²) in [6, 6.07) is 12.0. The summed E-state index contributed by atoms with van der Waals surface area (Å²) in [5.74, 6) is -0.266. The van der Waals surface area contributed by atoms with Crippen LogP contribution in [0.2, 0.25) is 0 Å². The van der Waals surface area contributed by atoms with E-state index in [9.17, 15) is 14.4 Å². The normalized spacial score (nSPS) is 16.9. The predicted octanol–water partition coefficient (Wildman–Crippen LogP) is 3.63. The molecule has 1 atom stereocenters. The maximum Gasteiger partial charge on any atom is 0.265 e. The van der Waals surface area contributed by atoms with Gasteiger partial charge in [-0.3, -0.25) is 19.3 Å². The Kier molecular flexibility index (Phi) is 5.93. The number of hydrogen-bond donors (Lipinski definition) is 1. The molecule has 0 saturated carbocycles. The highest BCUT2D eigenvalue weighted by molar-refractivity contribution is 6.08. The van der Waals surface area contributed by atoms with Crippen molar-refractivity contribution in [3.63, 3.8) is 0 Å². The second-order valence-corrected chi connectivity index (χ2v) is 8.05. The summed E-state index contributed by atoms with van der Waals surface area (Å²) in [6.07, 6.45) is 3.69. The fraction of sp³-hybridized carbons (Fsp3) is 0.375. The first-order valence-corrected chi connectivity index (χ1v) is 10.7. The molecular formula is C24H27N3O4. The third-order valence-corrected chi connectivity index (χ3v) is 5.87. The van der Waals surface area contributed by atoms with Gasteiger partial charge in [-0.2, -0.15) is 0 Å². The highest BCUT2D eigenvalue weighted by Crippen LogP contribution is 2.34. The first-order chi connectivity index (χ1) is 14.9. The number of carbonyl (C=O) groups excluding carboxylic acids is 3. The molecule has 0 spiro atoms. The molecule has 1 saturated heterocycles. The average molecular weight is 421 g/mol. The Balaban J connectivity index is 1.50. The summed E-state index contributed by atoms with van der Waals surface area (Å²) in [7, 11) is 0. The molecule has 2 aliphatic heterocycles. The van der Waals surface area contributed by atoms with Crippen LogP contribution >= 0.6 is 0 Å². The van der Waals surface area contributed by atoms with Crippen LogP contribution in [0.5, 0.6) is 5.75 Å². The van der Waals surface area contributed by atoms with E-state index in [1.54, 1.807) is 25.1 Å². The molecule has 1 fully saturated rings. The molecule has 0 radical (unpaired) electrons. The molecule has 2 amide bonds. The van der Waals surface area contributed by atoms with Crippen molar-refractivity contribution in [2.45, 2.75) is 39.2 Å². The standard InChI is InChI=1S/C24H27N3O4/c1-16(27-21-14-18(17(2)28)6-11-22(21)31-15-23(27)29)24(30)25-19-7-9-20(10-8-19)26-12-4-3-5-13-26/h6-11,14,16H,3-5,12-13,15H2,1-2H3,(H,25,30). The summed E-state index contributed by atoms with van der Waals surface area (Å²) < 4.78 is 5.48. The zero-order valence-electron chi connectivity index (χ0n) is 17.9. The second-order valence-electron chi connectivity index (χ2n) is 8.05. The monoisotopic (exact) mass is 421 g/mol. The topological polar surface area (TPSA) is 79.0 Å². The maximum atomic E-state index is 12.9. The number of nitrogens with one attached hydrogen (secondary N) is 1. The molecule has 2 aromatic rings. The first kappa shape index (κ1) is 20.9. The van der Waals surface area contributed by atoms with Gasteiger partial charge in [0.25, 0.3) is 5.91 Å². The van der Waals surface area contributed by atoms with Gasteiger partial charge in [-0.05, 0) is 75.6 Å². The number of ketones is 1. The van der Waals surface area contributed by atoms with E-state index in [4.69, 9.17) is 4.74 Å². The van der Waals surface area contributed by atoms with Gasteiger partial charge in [0.15, 0.2) is 12.4 Å². The van der Waals surface area contributed by atoms with Crippen molar-refractivity contribution in [2.24, 2.45) is 0 Å². The lowest BCUT2D eigenvalue weighted by Crippen LogP contribution is -2.49. The Labute approximate surface area is 182 Å². The van der Waals surface area contributed by atoms with Gasteiger partial charge in [0.1, 0.15) is 11.8 Å². The van der Waals surface area contributed by atoms with E-state index in [1.165, 1.54) is 31.1 Å². The molecule has 31 heavy (non-hydrogen) atoms. The van der Waals surface area contributed by atoms with Crippen LogP contribution in [0.15, 0.2) is 42.5 Å². The Morgan fingerprint density at radius 3 is 2.42 bits per heavy atom. The largest absolute Gasteiger partial charge is 0.482 e. The van der Waals surface area contributed by atoms with Crippen LogP contribution in [0, 0.1) is 0 Å². The van der Waals surface area contributed by atoms with E-state index in [0.29, 0.717) is 22.7 Å². The highest BCUT2D eigenvalue weighted by atomic mass is 16.5. The zero-order valence-corrected chi connectivity index (χ0v) is 17.9. The predicted molar refractivity (Wildman–Crippen MR) is 120 cm³/mol. The first-order valence-electron chi connectivity index (χ1n) is 10.7. The number of anilines is 3. The molecule has 7 nitrogen and oxygen atoms in total. The van der Waals surface area contributed by atoms with Gasteiger partial charge in [0.05, 0.1) is 5.69 Å². The molecule has 1 N–H and O–H groups in total. The number of Topliss-reactive ketones (excluding diaryl/α,β-unsaturated/α-hetero) is 1. The van der Waals surface area contributed by atoms with Gasteiger partial charge in [-0.1, -0.05) is 0 Å². The van der Waals surface area contributed by atoms with Crippen LogP contribution in [0.3, 0.4) is 0 Å². The molecule has 7 heteroatoms. The lowest BCUT2D eigenvalue weighted by atomic mass is 10.1. The number of benzene rings is 2. The Bertz CT molecular complexity index is 996. The van der Waals surface area contributed by atoms with Crippen molar-refractivity contribution in [1.29, 1.82) is 0 Å². The summed E-state index contributed by atoms with van der Waals surface area (Å²) in [6.45, 7) is 5.10. The number of piperidine rings is 1. The van der Waals surface area contributed by atoms with Gasteiger partial charge < -0.3 is 15.0 Å². The molecule has 0 bridgehead atoms. The minimum Gasteiger partial charge on any atom is -0.482 e. The van der Waals surface area contributed by atoms with Crippen LogP contribution in [0.4, 0.5) is 17.1 Å². The fourth-order valence-corrected chi connectivity index (χ4v) is 4.09. The van der Waals surface area contributed by atoms with E-state index >= 15 is 0 Å². The molecule has 2 aromatic carbocycles. The van der Waals surface area contributed by atoms with Crippen molar-refractivity contribution in [2.75, 3.05) is 34.8 Å². The highest BCUT2D eigenvalue weighted by Gasteiger charge is 2.33. The third-order valence-electron chi connectivity index (χ3n) is 5.87. The van der Waals surface area contributed by atoms with E-state index in [-0.39, 0.29) is 24.2 Å². The lowest BCUT2D eigenvalue weighted by molar-refractivity contribution is -0.125. The summed E-state index contributed by atoms with van der Waals surface area (Å²) in [5.41, 5.74) is 2.73. The smallest absolute Gasteiger partial charge is 0.265 e. The number of carbonyl (C=O) groups is 3. The summed E-state index contributed by atoms with van der Waals surface area (Å²) in [4.78, 5) is 41.1. The van der Waals surface area contributed by atoms with Crippen molar-refractivity contribution >= 4 is 34.7 Å². The van der Waals surface area contributed by atoms with Gasteiger partial charge >= 0.3 is 0 Å². The Morgan fingerprint density at radius 1 is 1.03 bits per heavy atom. The molecular weight excluding hydrogens is 394 g/mol. The van der Waals surface area contributed by atoms with E-state index in [0.717, 1.165) is 18.8 Å². The Morgan fingerprint density at radius 2 is 1.74 bits per heavy atom. The Hall–Kier alpha value is -3.35. The van der Waals surface area contributed by atoms with Crippen molar-refractivity contribution < 1.29 is 19.1 Å². The van der Waals surface area contributed by atoms with Crippen LogP contribution in [0.25, 0.3) is 0 Å². The van der Waals surface area contributed by atoms with Gasteiger partial charge in [0.2, 0.25) is 5.91 Å². The van der Waals surface area contributed by atoms with Crippen molar-refractivity contribution in [1.82, 2.24) is 0 Å². The van der Waals surface area contributed by atoms with Crippen LogP contribution in [-0.2, 0) is 9.59 Å². The molecule has 0 aromatic heterocycles. The number of fused-ring (bicyclic) bond motifs is 1. The molecule has 2 heterocycles. The van der Waals surface area contributed by atoms with E-state index in [2.05, 4.69) is 10.2 Å². The third kappa shape index (κ3) is 4.40. The quantitative estimate of drug-likeness (QED) is 0.746. The number of rotatable bonds is 5. The van der Waals surface area contributed by atoms with Crippen molar-refractivity contribution in [3.05, 3.63) is 48.0 Å². The van der Waals surface area contributed by atoms with Crippen LogP contribution in [-0.4, -0.2) is 43.3 Å². The van der Waals surface area contributed by atoms with E-state index in [1.807, 2.05) is 24.3 Å². The molecule has 0 aliphatic carbocycles. The van der Waals surface area contributed by atoms with Gasteiger partial charge in [0, 0.05) is 30.0 Å². The summed E-state index contributed by atoms with van der Waals surface area (Å²) >= 11 is 0. The van der Waals surface area contributed by atoms with Crippen molar-refractivity contribution in [3.8, 4) is 5.75 Å². The molecule has 2 aliphatic rings. The number of amides is 2. The van der Waals surface area contributed by atoms with Crippen LogP contribution in [0.1, 0.15) is 43.5 Å². The average Bonchev–Trinajstić information content (AvgIpc) is 2.79. The molecule has 1 unspecified atom stereocenters. The number of hydrogen-bond acceptors (Lipinski definition) is 5. The van der Waals surface area contributed by atoms with Gasteiger partial charge in [-0.15, -0.1) is 0 Å². The lowest BCUT2D eigenvalue weighted by Gasteiger charge is -2.33. The fourth-order valence-electron chi connectivity index (χ4n) is 4.09. The maximum absolute atomic E-state index is 12.9. The number of ether oxygens (including phenoxy) is 1. The SMILES string of the molecule is CC(=O)c1ccc2c(c1)N(C(C)C(=O)Nc1ccc(N3CCCCC3)cc1)C(=O)CO2. The van der Waals surface area contributed by atoms with Crippen LogP contribution < -0.4 is 19.9 Å². The molecule has 162 valence electrons. The zero-order chi connectivity index (χ0) is 22.0. The molecule has 4 rings (SSSR count). The second kappa shape index (κ2) is 8.79. The number of nitrogens with zero attached hydrogens (tertiary/aromatic N) is 2. The minimum atomic E-state index is -0.765.